The summed E-state index contributed by atoms with van der Waals surface area (Å²) in [5.41, 5.74) is 7.68. The highest BCUT2D eigenvalue weighted by Gasteiger charge is 2.27. The van der Waals surface area contributed by atoms with E-state index in [1.165, 1.54) is 0 Å². The first-order chi connectivity index (χ1) is 23.3. The molecule has 0 aliphatic heterocycles. The van der Waals surface area contributed by atoms with E-state index in [9.17, 15) is 9.59 Å². The quantitative estimate of drug-likeness (QED) is 0.0899. The lowest BCUT2D eigenvalue weighted by molar-refractivity contribution is -0.137. The number of hydrogen-bond donors (Lipinski definition) is 2. The predicted molar refractivity (Wildman–Crippen MR) is 180 cm³/mol. The third kappa shape index (κ3) is 8.19. The van der Waals surface area contributed by atoms with Gasteiger partial charge in [-0.2, -0.15) is 0 Å². The summed E-state index contributed by atoms with van der Waals surface area (Å²) in [6, 6.07) is 25.7. The number of aliphatic carboxylic acids is 1. The minimum atomic E-state index is -1.39. The molecule has 48 heavy (non-hydrogen) atoms. The molecule has 3 aromatic carbocycles. The van der Waals surface area contributed by atoms with Gasteiger partial charge in [0.05, 0.1) is 0 Å². The lowest BCUT2D eigenvalue weighted by Crippen LogP contribution is -2.34. The Morgan fingerprint density at radius 3 is 2.60 bits per heavy atom. The molecule has 1 aliphatic rings. The first kappa shape index (κ1) is 32.7. The van der Waals surface area contributed by atoms with Crippen LogP contribution in [0.25, 0.3) is 22.6 Å². The Kier molecular flexibility index (Phi) is 10.3. The zero-order valence-corrected chi connectivity index (χ0v) is 26.9. The molecule has 2 heterocycles. The highest BCUT2D eigenvalue weighted by molar-refractivity contribution is 5.76. The van der Waals surface area contributed by atoms with Crippen LogP contribution in [0.15, 0.2) is 83.3 Å². The van der Waals surface area contributed by atoms with E-state index in [4.69, 9.17) is 24.1 Å². The van der Waals surface area contributed by atoms with Crippen LogP contribution < -0.4 is 9.47 Å². The van der Waals surface area contributed by atoms with Crippen molar-refractivity contribution in [2.45, 2.75) is 64.5 Å². The number of rotatable bonds is 14. The molecule has 1 unspecified atom stereocenters. The number of unbranched alkanes of at least 4 members (excludes halogenated alkanes) is 1. The van der Waals surface area contributed by atoms with Gasteiger partial charge < -0.3 is 24.1 Å². The van der Waals surface area contributed by atoms with Crippen LogP contribution in [0.3, 0.4) is 0 Å². The Balaban J connectivity index is 1.13. The van der Waals surface area contributed by atoms with Gasteiger partial charge in [0.25, 0.3) is 0 Å². The Morgan fingerprint density at radius 1 is 0.958 bits per heavy atom. The standard InChI is InChI=1S/C38H39N3O7/c1-25-12-18-34-31(23-25)40-37(47-34)28-15-13-26(14-16-28)24-46-33-10-3-2-7-27(33)20-22-41(21-5-4-11-36(42)43)32-9-6-8-30-29(32)17-19-35(39-30)48-38(44)45/h2-3,7,10,12-19,23,32H,4-6,8-9,11,20-22,24H2,1H3,(H,42,43)(H,44,45). The maximum atomic E-state index is 11.2. The number of carboxylic acids is 1. The van der Waals surface area contributed by atoms with Gasteiger partial charge in [-0.25, -0.2) is 14.8 Å². The van der Waals surface area contributed by atoms with Gasteiger partial charge in [0.1, 0.15) is 17.9 Å². The van der Waals surface area contributed by atoms with E-state index in [0.717, 1.165) is 95.6 Å². The fourth-order valence-corrected chi connectivity index (χ4v) is 6.34. The molecule has 248 valence electrons. The SMILES string of the molecule is Cc1ccc2oc(-c3ccc(COc4ccccc4CCN(CCCCC(=O)O)C4CCCc5nc(OC(=O)O)ccc54)cc3)nc2c1. The highest BCUT2D eigenvalue weighted by Crippen LogP contribution is 2.35. The molecular formula is C38H39N3O7. The van der Waals surface area contributed by atoms with E-state index in [-0.39, 0.29) is 18.3 Å². The van der Waals surface area contributed by atoms with Crippen LogP contribution in [0.5, 0.6) is 11.6 Å². The van der Waals surface area contributed by atoms with Crippen LogP contribution in [0.4, 0.5) is 4.79 Å². The second-order valence-electron chi connectivity index (χ2n) is 12.2. The maximum Gasteiger partial charge on any atom is 0.512 e. The van der Waals surface area contributed by atoms with Crippen molar-refractivity contribution in [3.05, 3.63) is 107 Å². The van der Waals surface area contributed by atoms with E-state index in [1.807, 2.05) is 73.7 Å². The summed E-state index contributed by atoms with van der Waals surface area (Å²) >= 11 is 0. The largest absolute Gasteiger partial charge is 0.512 e. The third-order valence-corrected chi connectivity index (χ3v) is 8.73. The van der Waals surface area contributed by atoms with Crippen molar-refractivity contribution in [2.75, 3.05) is 13.1 Å². The number of nitrogens with zero attached hydrogens (tertiary/aromatic N) is 3. The summed E-state index contributed by atoms with van der Waals surface area (Å²) < 4.78 is 17.1. The number of carbonyl (C=O) groups is 2. The monoisotopic (exact) mass is 649 g/mol. The van der Waals surface area contributed by atoms with Crippen molar-refractivity contribution in [2.24, 2.45) is 0 Å². The summed E-state index contributed by atoms with van der Waals surface area (Å²) in [5, 5.41) is 18.2. The first-order valence-electron chi connectivity index (χ1n) is 16.4. The minimum Gasteiger partial charge on any atom is -0.489 e. The van der Waals surface area contributed by atoms with Crippen LogP contribution in [0.2, 0.25) is 0 Å². The van der Waals surface area contributed by atoms with E-state index in [1.54, 1.807) is 6.07 Å². The van der Waals surface area contributed by atoms with Crippen molar-refractivity contribution in [3.8, 4) is 23.1 Å². The highest BCUT2D eigenvalue weighted by atomic mass is 16.7. The number of aromatic nitrogens is 2. The Hall–Kier alpha value is -5.22. The molecule has 1 aliphatic carbocycles. The van der Waals surface area contributed by atoms with Gasteiger partial charge in [0.15, 0.2) is 5.58 Å². The molecule has 0 radical (unpaired) electrons. The van der Waals surface area contributed by atoms with E-state index in [2.05, 4.69) is 20.9 Å². The molecule has 10 nitrogen and oxygen atoms in total. The van der Waals surface area contributed by atoms with Crippen molar-refractivity contribution >= 4 is 23.2 Å². The molecule has 0 fully saturated rings. The van der Waals surface area contributed by atoms with Crippen LogP contribution >= 0.6 is 0 Å². The van der Waals surface area contributed by atoms with Gasteiger partial charge in [-0.3, -0.25) is 9.69 Å². The molecule has 2 N–H and O–H groups in total. The molecule has 10 heteroatoms. The van der Waals surface area contributed by atoms with Crippen LogP contribution in [-0.2, 0) is 24.2 Å². The van der Waals surface area contributed by atoms with E-state index in [0.29, 0.717) is 18.9 Å². The second kappa shape index (κ2) is 15.1. The van der Waals surface area contributed by atoms with Crippen LogP contribution in [0, 0.1) is 6.92 Å². The number of benzene rings is 3. The first-order valence-corrected chi connectivity index (χ1v) is 16.4. The zero-order valence-electron chi connectivity index (χ0n) is 26.9. The number of para-hydroxylation sites is 1. The van der Waals surface area contributed by atoms with Gasteiger partial charge in [0.2, 0.25) is 11.8 Å². The normalized spacial score (nSPS) is 14.2. The van der Waals surface area contributed by atoms with Crippen molar-refractivity contribution in [1.82, 2.24) is 14.9 Å². The summed E-state index contributed by atoms with van der Waals surface area (Å²) in [4.78, 5) is 33.8. The number of aryl methyl sites for hydroxylation is 2. The number of ether oxygens (including phenoxy) is 2. The van der Waals surface area contributed by atoms with Gasteiger partial charge in [-0.05, 0) is 105 Å². The second-order valence-corrected chi connectivity index (χ2v) is 12.2. The molecular weight excluding hydrogens is 610 g/mol. The number of pyridine rings is 1. The van der Waals surface area contributed by atoms with Gasteiger partial charge >= 0.3 is 12.1 Å². The Bertz CT molecular complexity index is 1890. The molecule has 5 aromatic rings. The fourth-order valence-electron chi connectivity index (χ4n) is 6.34. The molecule has 6 rings (SSSR count). The van der Waals surface area contributed by atoms with Crippen LogP contribution in [0.1, 0.15) is 66.1 Å². The predicted octanol–water partition coefficient (Wildman–Crippen LogP) is 8.01. The smallest absolute Gasteiger partial charge is 0.489 e. The average molecular weight is 650 g/mol. The summed E-state index contributed by atoms with van der Waals surface area (Å²) in [6.45, 7) is 3.92. The van der Waals surface area contributed by atoms with Gasteiger partial charge in [-0.1, -0.05) is 42.5 Å². The van der Waals surface area contributed by atoms with Crippen molar-refractivity contribution in [3.63, 3.8) is 0 Å². The lowest BCUT2D eigenvalue weighted by atomic mass is 9.89. The molecule has 0 amide bonds. The van der Waals surface area contributed by atoms with Gasteiger partial charge in [-0.15, -0.1) is 0 Å². The Labute approximate surface area is 279 Å². The van der Waals surface area contributed by atoms with Crippen molar-refractivity contribution in [1.29, 1.82) is 0 Å². The third-order valence-electron chi connectivity index (χ3n) is 8.73. The Morgan fingerprint density at radius 2 is 1.79 bits per heavy atom. The number of carboxylic acid groups (broad SMARTS) is 2. The van der Waals surface area contributed by atoms with Gasteiger partial charge in [0, 0.05) is 36.3 Å². The number of oxazole rings is 1. The maximum absolute atomic E-state index is 11.2. The average Bonchev–Trinajstić information content (AvgIpc) is 3.50. The molecule has 2 aromatic heterocycles. The summed E-state index contributed by atoms with van der Waals surface area (Å²) in [5.74, 6) is 0.702. The fraction of sp³-hybridized carbons (Fsp3) is 0.316. The number of fused-ring (bicyclic) bond motifs is 2. The topological polar surface area (TPSA) is 135 Å². The zero-order chi connectivity index (χ0) is 33.5. The van der Waals surface area contributed by atoms with Crippen molar-refractivity contribution < 1.29 is 33.7 Å². The molecule has 1 atom stereocenters. The summed E-state index contributed by atoms with van der Waals surface area (Å²) in [6.07, 6.45) is 3.44. The number of hydrogen-bond acceptors (Lipinski definition) is 8. The van der Waals surface area contributed by atoms with E-state index >= 15 is 0 Å². The van der Waals surface area contributed by atoms with Crippen LogP contribution in [-0.4, -0.2) is 50.3 Å². The summed E-state index contributed by atoms with van der Waals surface area (Å²) in [7, 11) is 0. The minimum absolute atomic E-state index is 0.0805. The molecule has 0 saturated heterocycles. The lowest BCUT2D eigenvalue weighted by Gasteiger charge is -2.36. The van der Waals surface area contributed by atoms with E-state index < -0.39 is 12.1 Å². The molecule has 0 saturated carbocycles. The molecule has 0 bridgehead atoms. The molecule has 0 spiro atoms.